The third kappa shape index (κ3) is 4.08. The highest BCUT2D eigenvalue weighted by atomic mass is 32.2. The highest BCUT2D eigenvalue weighted by molar-refractivity contribution is 7.90. The molecule has 1 heterocycles. The number of nitrogens with one attached hydrogen (secondary N) is 2. The van der Waals surface area contributed by atoms with Gasteiger partial charge in [-0.25, -0.2) is 12.8 Å². The van der Waals surface area contributed by atoms with E-state index in [1.807, 2.05) is 0 Å². The van der Waals surface area contributed by atoms with Gasteiger partial charge in [-0.2, -0.15) is 0 Å². The molecule has 0 atom stereocenters. The molecule has 2 aromatic rings. The van der Waals surface area contributed by atoms with E-state index in [1.165, 1.54) is 36.4 Å². The first-order valence-electron chi connectivity index (χ1n) is 8.09. The summed E-state index contributed by atoms with van der Waals surface area (Å²) in [7, 11) is -3.76. The highest BCUT2D eigenvalue weighted by Crippen LogP contribution is 2.18. The molecule has 1 aliphatic heterocycles. The number of benzene rings is 2. The van der Waals surface area contributed by atoms with Gasteiger partial charge in [0.1, 0.15) is 11.7 Å². The van der Waals surface area contributed by atoms with E-state index in [2.05, 4.69) is 15.0 Å². The number of anilines is 1. The number of amidine groups is 1. The number of amides is 1. The van der Waals surface area contributed by atoms with Crippen molar-refractivity contribution in [3.8, 4) is 0 Å². The topological polar surface area (TPSA) is 87.6 Å². The largest absolute Gasteiger partial charge is 0.322 e. The molecular weight excluding hydrogens is 357 g/mol. The Balaban J connectivity index is 1.78. The van der Waals surface area contributed by atoms with E-state index in [0.29, 0.717) is 30.1 Å². The molecule has 8 heteroatoms. The van der Waals surface area contributed by atoms with Crippen LogP contribution < -0.4 is 10.0 Å². The monoisotopic (exact) mass is 375 g/mol. The molecule has 1 amide bonds. The van der Waals surface area contributed by atoms with Crippen molar-refractivity contribution in [1.82, 2.24) is 4.72 Å². The first kappa shape index (κ1) is 18.1. The Hall–Kier alpha value is -2.74. The van der Waals surface area contributed by atoms with Gasteiger partial charge in [0.25, 0.3) is 15.9 Å². The molecule has 2 N–H and O–H groups in total. The van der Waals surface area contributed by atoms with Crippen LogP contribution in [0.4, 0.5) is 10.1 Å². The van der Waals surface area contributed by atoms with E-state index in [4.69, 9.17) is 0 Å². The van der Waals surface area contributed by atoms with Crippen LogP contribution in [0.1, 0.15) is 28.8 Å². The van der Waals surface area contributed by atoms with E-state index in [-0.39, 0.29) is 10.5 Å². The van der Waals surface area contributed by atoms with Gasteiger partial charge in [-0.3, -0.25) is 14.5 Å². The number of hydrogen-bond donors (Lipinski definition) is 2. The van der Waals surface area contributed by atoms with E-state index in [0.717, 1.165) is 6.42 Å². The quantitative estimate of drug-likeness (QED) is 0.861. The summed E-state index contributed by atoms with van der Waals surface area (Å²) in [4.78, 5) is 16.4. The van der Waals surface area contributed by atoms with Crippen LogP contribution in [0.5, 0.6) is 0 Å². The minimum atomic E-state index is -3.76. The Morgan fingerprint density at radius 1 is 1.19 bits per heavy atom. The van der Waals surface area contributed by atoms with Crippen LogP contribution in [0.2, 0.25) is 0 Å². The lowest BCUT2D eigenvalue weighted by atomic mass is 10.1. The fourth-order valence-corrected chi connectivity index (χ4v) is 3.70. The number of aryl methyl sites for hydroxylation is 1. The molecule has 0 saturated carbocycles. The Kier molecular flexibility index (Phi) is 5.03. The Morgan fingerprint density at radius 3 is 2.69 bits per heavy atom. The van der Waals surface area contributed by atoms with Gasteiger partial charge in [-0.15, -0.1) is 0 Å². The predicted octanol–water partition coefficient (Wildman–Crippen LogP) is 2.86. The Morgan fingerprint density at radius 2 is 2.00 bits per heavy atom. The van der Waals surface area contributed by atoms with Crippen LogP contribution in [-0.4, -0.2) is 26.7 Å². The second kappa shape index (κ2) is 7.25. The van der Waals surface area contributed by atoms with Crippen LogP contribution in [0, 0.1) is 12.7 Å². The van der Waals surface area contributed by atoms with Crippen molar-refractivity contribution >= 4 is 27.5 Å². The van der Waals surface area contributed by atoms with Gasteiger partial charge < -0.3 is 5.32 Å². The van der Waals surface area contributed by atoms with Gasteiger partial charge in [0.2, 0.25) is 0 Å². The number of sulfonamides is 1. The molecule has 0 bridgehead atoms. The van der Waals surface area contributed by atoms with Gasteiger partial charge >= 0.3 is 0 Å². The van der Waals surface area contributed by atoms with Crippen molar-refractivity contribution in [2.45, 2.75) is 24.7 Å². The van der Waals surface area contributed by atoms with E-state index in [1.54, 1.807) is 13.0 Å². The molecule has 136 valence electrons. The van der Waals surface area contributed by atoms with E-state index < -0.39 is 21.7 Å². The van der Waals surface area contributed by atoms with Crippen molar-refractivity contribution < 1.29 is 17.6 Å². The zero-order valence-corrected chi connectivity index (χ0v) is 14.9. The molecule has 6 nitrogen and oxygen atoms in total. The van der Waals surface area contributed by atoms with Crippen molar-refractivity contribution in [2.75, 3.05) is 11.9 Å². The zero-order chi connectivity index (χ0) is 18.7. The second-order valence-corrected chi connectivity index (χ2v) is 7.67. The molecule has 0 unspecified atom stereocenters. The number of nitrogens with zero attached hydrogens (tertiary/aromatic N) is 1. The molecule has 0 saturated heterocycles. The third-order valence-electron chi connectivity index (χ3n) is 3.95. The lowest BCUT2D eigenvalue weighted by Gasteiger charge is -2.10. The van der Waals surface area contributed by atoms with Crippen molar-refractivity contribution in [3.63, 3.8) is 0 Å². The Labute approximate surface area is 151 Å². The fourth-order valence-electron chi connectivity index (χ4n) is 2.57. The second-order valence-electron chi connectivity index (χ2n) is 5.98. The SMILES string of the molecule is Cc1cc(C(=O)Nc2cccc(S(=O)(=O)NC3=NCCC3)c2)ccc1F. The summed E-state index contributed by atoms with van der Waals surface area (Å²) in [5.41, 5.74) is 0.972. The van der Waals surface area contributed by atoms with Crippen LogP contribution >= 0.6 is 0 Å². The lowest BCUT2D eigenvalue weighted by Crippen LogP contribution is -2.29. The minimum absolute atomic E-state index is 0.0280. The lowest BCUT2D eigenvalue weighted by molar-refractivity contribution is 0.102. The van der Waals surface area contributed by atoms with Gasteiger partial charge in [0.05, 0.1) is 4.90 Å². The van der Waals surface area contributed by atoms with E-state index in [9.17, 15) is 17.6 Å². The summed E-state index contributed by atoms with van der Waals surface area (Å²) in [6, 6.07) is 9.96. The summed E-state index contributed by atoms with van der Waals surface area (Å²) in [5.74, 6) is -0.396. The van der Waals surface area contributed by atoms with E-state index >= 15 is 0 Å². The minimum Gasteiger partial charge on any atom is -0.322 e. The fraction of sp³-hybridized carbons (Fsp3) is 0.222. The first-order chi connectivity index (χ1) is 12.3. The van der Waals surface area contributed by atoms with Crippen LogP contribution in [0.25, 0.3) is 0 Å². The molecule has 3 rings (SSSR count). The summed E-state index contributed by atoms with van der Waals surface area (Å²) in [6.45, 7) is 2.18. The average molecular weight is 375 g/mol. The molecule has 0 radical (unpaired) electrons. The highest BCUT2D eigenvalue weighted by Gasteiger charge is 2.19. The predicted molar refractivity (Wildman–Crippen MR) is 97.4 cm³/mol. The molecule has 1 aliphatic rings. The first-order valence-corrected chi connectivity index (χ1v) is 9.57. The number of aliphatic imine (C=N–C) groups is 1. The molecule has 2 aromatic carbocycles. The van der Waals surface area contributed by atoms with Gasteiger partial charge in [0.15, 0.2) is 0 Å². The van der Waals surface area contributed by atoms with Crippen molar-refractivity contribution in [2.24, 2.45) is 4.99 Å². The molecule has 0 spiro atoms. The molecule has 0 aromatic heterocycles. The number of hydrogen-bond acceptors (Lipinski definition) is 4. The smallest absolute Gasteiger partial charge is 0.262 e. The molecule has 26 heavy (non-hydrogen) atoms. The maximum Gasteiger partial charge on any atom is 0.262 e. The summed E-state index contributed by atoms with van der Waals surface area (Å²) >= 11 is 0. The van der Waals surface area contributed by atoms with Crippen LogP contribution in [-0.2, 0) is 10.0 Å². The van der Waals surface area contributed by atoms with Crippen molar-refractivity contribution in [3.05, 3.63) is 59.4 Å². The Bertz CT molecular complexity index is 987. The maximum atomic E-state index is 13.3. The van der Waals surface area contributed by atoms with Gasteiger partial charge in [0, 0.05) is 24.2 Å². The van der Waals surface area contributed by atoms with Crippen molar-refractivity contribution in [1.29, 1.82) is 0 Å². The number of carbonyl (C=O) groups excluding carboxylic acids is 1. The summed E-state index contributed by atoms with van der Waals surface area (Å²) in [5, 5.41) is 2.63. The van der Waals surface area contributed by atoms with Gasteiger partial charge in [-0.1, -0.05) is 6.07 Å². The maximum absolute atomic E-state index is 13.3. The molecule has 0 aliphatic carbocycles. The third-order valence-corrected chi connectivity index (χ3v) is 5.33. The molecule has 0 fully saturated rings. The summed E-state index contributed by atoms with van der Waals surface area (Å²) in [6.07, 6.45) is 1.42. The van der Waals surface area contributed by atoms with Crippen LogP contribution in [0.3, 0.4) is 0 Å². The number of rotatable bonds is 4. The number of halogens is 1. The van der Waals surface area contributed by atoms with Gasteiger partial charge in [-0.05, 0) is 55.3 Å². The zero-order valence-electron chi connectivity index (χ0n) is 14.1. The normalized spacial score (nSPS) is 14.0. The molecular formula is C18H18FN3O3S. The average Bonchev–Trinajstić information content (AvgIpc) is 3.10. The number of carbonyl (C=O) groups is 1. The standard InChI is InChI=1S/C18H18FN3O3S/c1-12-10-13(7-8-16(12)19)18(23)21-14-4-2-5-15(11-14)26(24,25)22-17-6-3-9-20-17/h2,4-5,7-8,10-11H,3,6,9H2,1H3,(H,20,22)(H,21,23). The summed E-state index contributed by atoms with van der Waals surface area (Å²) < 4.78 is 40.7. The van der Waals surface area contributed by atoms with Crippen LogP contribution in [0.15, 0.2) is 52.4 Å².